The van der Waals surface area contributed by atoms with Gasteiger partial charge >= 0.3 is 0 Å². The highest BCUT2D eigenvalue weighted by Gasteiger charge is 2.49. The van der Waals surface area contributed by atoms with Gasteiger partial charge in [0.2, 0.25) is 0 Å². The van der Waals surface area contributed by atoms with E-state index in [1.807, 2.05) is 0 Å². The number of hydrogen-bond donors (Lipinski definition) is 3. The Hall–Kier alpha value is -1.20. The monoisotopic (exact) mass is 384 g/mol. The Labute approximate surface area is 169 Å². The third-order valence-electron chi connectivity index (χ3n) is 7.23. The molecule has 4 heteroatoms. The second-order valence-electron chi connectivity index (χ2n) is 9.34. The van der Waals surface area contributed by atoms with Gasteiger partial charge in [0.15, 0.2) is 0 Å². The zero-order valence-corrected chi connectivity index (χ0v) is 17.2. The molecule has 4 nitrogen and oxygen atoms in total. The van der Waals surface area contributed by atoms with Crippen molar-refractivity contribution in [1.29, 1.82) is 0 Å². The van der Waals surface area contributed by atoms with E-state index in [-0.39, 0.29) is 6.61 Å². The van der Waals surface area contributed by atoms with Gasteiger partial charge in [0, 0.05) is 18.6 Å². The smallest absolute Gasteiger partial charge is 0.0897 e. The summed E-state index contributed by atoms with van der Waals surface area (Å²) in [5.41, 5.74) is 3.45. The molecule has 0 amide bonds. The van der Waals surface area contributed by atoms with Gasteiger partial charge in [0.05, 0.1) is 12.7 Å². The average Bonchev–Trinajstić information content (AvgIpc) is 3.46. The lowest BCUT2D eigenvalue weighted by atomic mass is 9.60. The van der Waals surface area contributed by atoms with Crippen LogP contribution in [0.25, 0.3) is 6.08 Å². The summed E-state index contributed by atoms with van der Waals surface area (Å²) in [6.07, 6.45) is 9.35. The highest BCUT2D eigenvalue weighted by atomic mass is 16.3. The van der Waals surface area contributed by atoms with Gasteiger partial charge in [-0.25, -0.2) is 0 Å². The summed E-state index contributed by atoms with van der Waals surface area (Å²) in [7, 11) is 0. The molecule has 1 aromatic carbocycles. The van der Waals surface area contributed by atoms with Crippen molar-refractivity contribution in [3.63, 3.8) is 0 Å². The Balaban J connectivity index is 1.21. The summed E-state index contributed by atoms with van der Waals surface area (Å²) >= 11 is 0. The molecule has 0 bridgehead atoms. The molecule has 2 aliphatic carbocycles. The number of hydrogen-bond acceptors (Lipinski definition) is 4. The molecule has 0 aromatic heterocycles. The van der Waals surface area contributed by atoms with Gasteiger partial charge in [-0.1, -0.05) is 48.9 Å². The van der Waals surface area contributed by atoms with Crippen molar-refractivity contribution in [3.8, 4) is 0 Å². The molecule has 3 N–H and O–H groups in total. The molecule has 3 atom stereocenters. The molecule has 28 heavy (non-hydrogen) atoms. The molecule has 1 aliphatic heterocycles. The van der Waals surface area contributed by atoms with Gasteiger partial charge in [0.25, 0.3) is 0 Å². The summed E-state index contributed by atoms with van der Waals surface area (Å²) in [6, 6.07) is 12.1. The third-order valence-corrected chi connectivity index (χ3v) is 7.23. The summed E-state index contributed by atoms with van der Waals surface area (Å²) in [4.78, 5) is 2.31. The molecular weight excluding hydrogens is 348 g/mol. The number of likely N-dealkylation sites (tertiary alicyclic amines) is 1. The maximum Gasteiger partial charge on any atom is 0.0897 e. The van der Waals surface area contributed by atoms with Crippen molar-refractivity contribution >= 4 is 6.08 Å². The molecule has 3 aliphatic rings. The number of rotatable bonds is 8. The van der Waals surface area contributed by atoms with E-state index in [0.717, 1.165) is 25.4 Å². The fourth-order valence-electron chi connectivity index (χ4n) is 5.40. The molecule has 1 spiro atoms. The molecule has 1 aromatic rings. The van der Waals surface area contributed by atoms with Crippen LogP contribution in [0.2, 0.25) is 0 Å². The Bertz CT molecular complexity index is 658. The first-order valence-electron chi connectivity index (χ1n) is 11.1. The molecule has 1 heterocycles. The zero-order chi connectivity index (χ0) is 19.6. The van der Waals surface area contributed by atoms with Gasteiger partial charge in [-0.2, -0.15) is 0 Å². The fraction of sp³-hybridized carbons (Fsp3) is 0.667. The van der Waals surface area contributed by atoms with E-state index in [1.54, 1.807) is 5.57 Å². The predicted octanol–water partition coefficient (Wildman–Crippen LogP) is 3.06. The first-order chi connectivity index (χ1) is 13.6. The lowest BCUT2D eigenvalue weighted by Gasteiger charge is -2.53. The number of nitrogens with zero attached hydrogens (tertiary/aromatic N) is 1. The molecule has 0 radical (unpaired) electrons. The van der Waals surface area contributed by atoms with Crippen molar-refractivity contribution < 1.29 is 10.2 Å². The molecule has 3 fully saturated rings. The van der Waals surface area contributed by atoms with E-state index >= 15 is 0 Å². The van der Waals surface area contributed by atoms with Gasteiger partial charge < -0.3 is 20.4 Å². The minimum atomic E-state index is -0.589. The Morgan fingerprint density at radius 3 is 2.61 bits per heavy atom. The van der Waals surface area contributed by atoms with Crippen LogP contribution in [0, 0.1) is 11.3 Å². The van der Waals surface area contributed by atoms with Crippen molar-refractivity contribution in [2.45, 2.75) is 63.6 Å². The third kappa shape index (κ3) is 4.68. The van der Waals surface area contributed by atoms with Crippen LogP contribution >= 0.6 is 0 Å². The van der Waals surface area contributed by atoms with E-state index < -0.39 is 6.10 Å². The number of β-amino-alcohol motifs (C(OH)–C–C–N with tert-alkyl or cyclic N) is 1. The second-order valence-corrected chi connectivity index (χ2v) is 9.34. The van der Waals surface area contributed by atoms with Crippen LogP contribution in [0.5, 0.6) is 0 Å². The first kappa shape index (κ1) is 20.1. The zero-order valence-electron chi connectivity index (χ0n) is 17.2. The van der Waals surface area contributed by atoms with Crippen molar-refractivity contribution in [2.24, 2.45) is 11.3 Å². The first-order valence-corrected chi connectivity index (χ1v) is 11.1. The van der Waals surface area contributed by atoms with Gasteiger partial charge in [0.1, 0.15) is 0 Å². The number of nitrogens with one attached hydrogen (secondary N) is 1. The summed E-state index contributed by atoms with van der Waals surface area (Å²) in [5.74, 6) is 0.726. The number of benzene rings is 1. The van der Waals surface area contributed by atoms with Crippen LogP contribution in [0.4, 0.5) is 0 Å². The fourth-order valence-corrected chi connectivity index (χ4v) is 5.40. The van der Waals surface area contributed by atoms with E-state index in [1.165, 1.54) is 37.7 Å². The number of piperidine rings is 1. The highest BCUT2D eigenvalue weighted by molar-refractivity contribution is 5.54. The lowest BCUT2D eigenvalue weighted by molar-refractivity contribution is -0.0145. The van der Waals surface area contributed by atoms with Crippen molar-refractivity contribution in [3.05, 3.63) is 41.5 Å². The minimum Gasteiger partial charge on any atom is -0.394 e. The van der Waals surface area contributed by atoms with Crippen LogP contribution in [0.1, 0.15) is 51.0 Å². The summed E-state index contributed by atoms with van der Waals surface area (Å²) in [6.45, 7) is 4.90. The summed E-state index contributed by atoms with van der Waals surface area (Å²) < 4.78 is 0. The van der Waals surface area contributed by atoms with Crippen LogP contribution in [0.3, 0.4) is 0 Å². The second kappa shape index (κ2) is 8.66. The molecule has 154 valence electrons. The number of aliphatic hydroxyl groups is 2. The Kier molecular flexibility index (Phi) is 6.21. The van der Waals surface area contributed by atoms with E-state index in [0.29, 0.717) is 24.0 Å². The Morgan fingerprint density at radius 2 is 1.96 bits per heavy atom. The maximum atomic E-state index is 9.64. The normalized spacial score (nSPS) is 28.9. The van der Waals surface area contributed by atoms with E-state index in [2.05, 4.69) is 53.5 Å². The topological polar surface area (TPSA) is 55.7 Å². The standard InChI is InChI=1S/C24H36N2O2/c1-2-19(12-18-6-4-3-5-7-18)22-13-23(22)25-20-14-24(15-20)8-10-26(11-9-24)16-21(28)17-27/h3-7,12,20-23,25,27-28H,2,8-11,13-17H2,1H3/b19-12+/t21-,22-,23+/m0/s1. The molecule has 0 unspecified atom stereocenters. The van der Waals surface area contributed by atoms with Gasteiger partial charge in [-0.15, -0.1) is 0 Å². The van der Waals surface area contributed by atoms with Crippen LogP contribution < -0.4 is 5.32 Å². The lowest BCUT2D eigenvalue weighted by Crippen LogP contribution is -2.55. The molecule has 2 saturated carbocycles. The van der Waals surface area contributed by atoms with Crippen molar-refractivity contribution in [1.82, 2.24) is 10.2 Å². The van der Waals surface area contributed by atoms with Gasteiger partial charge in [-0.05, 0) is 68.5 Å². The average molecular weight is 385 g/mol. The SMILES string of the molecule is CC/C(=C\c1ccccc1)[C@@H]1C[C@H]1NC1CC2(CCN(C[C@H](O)CO)CC2)C1. The van der Waals surface area contributed by atoms with E-state index in [9.17, 15) is 5.11 Å². The van der Waals surface area contributed by atoms with Gasteiger partial charge in [-0.3, -0.25) is 0 Å². The van der Waals surface area contributed by atoms with Crippen molar-refractivity contribution in [2.75, 3.05) is 26.2 Å². The number of aliphatic hydroxyl groups excluding tert-OH is 2. The quantitative estimate of drug-likeness (QED) is 0.645. The predicted molar refractivity (Wildman–Crippen MR) is 114 cm³/mol. The van der Waals surface area contributed by atoms with Crippen LogP contribution in [-0.2, 0) is 0 Å². The molecule has 4 rings (SSSR count). The molecule has 1 saturated heterocycles. The Morgan fingerprint density at radius 1 is 1.25 bits per heavy atom. The largest absolute Gasteiger partial charge is 0.394 e. The van der Waals surface area contributed by atoms with Crippen LogP contribution in [-0.4, -0.2) is 59.5 Å². The summed E-state index contributed by atoms with van der Waals surface area (Å²) in [5, 5.41) is 22.6. The molecular formula is C24H36N2O2. The maximum absolute atomic E-state index is 9.64. The van der Waals surface area contributed by atoms with E-state index in [4.69, 9.17) is 5.11 Å². The minimum absolute atomic E-state index is 0.130. The highest BCUT2D eigenvalue weighted by Crippen LogP contribution is 2.51. The van der Waals surface area contributed by atoms with Crippen LogP contribution in [0.15, 0.2) is 35.9 Å².